The van der Waals surface area contributed by atoms with Crippen LogP contribution in [0.5, 0.6) is 0 Å². The predicted octanol–water partition coefficient (Wildman–Crippen LogP) is 1.11. The van der Waals surface area contributed by atoms with E-state index < -0.39 is 45.2 Å². The van der Waals surface area contributed by atoms with Crippen LogP contribution >= 0.6 is 15.9 Å². The minimum atomic E-state index is -4.36. The lowest BCUT2D eigenvalue weighted by Gasteiger charge is -2.13. The Labute approximate surface area is 121 Å². The number of carboxylic acids is 1. The first-order valence-corrected chi connectivity index (χ1v) is 7.36. The molecule has 1 atom stereocenters. The molecule has 6 nitrogen and oxygen atoms in total. The zero-order chi connectivity index (χ0) is 15.5. The number of carbonyl (C=O) groups is 1. The van der Waals surface area contributed by atoms with E-state index in [9.17, 15) is 22.0 Å². The van der Waals surface area contributed by atoms with Gasteiger partial charge in [-0.1, -0.05) is 0 Å². The Balaban J connectivity index is 3.04. The van der Waals surface area contributed by atoms with Crippen LogP contribution in [0, 0.1) is 11.6 Å². The Bertz CT molecular complexity index is 599. The highest BCUT2D eigenvalue weighted by molar-refractivity contribution is 9.10. The van der Waals surface area contributed by atoms with Gasteiger partial charge in [0.05, 0.1) is 0 Å². The van der Waals surface area contributed by atoms with E-state index in [2.05, 4.69) is 20.7 Å². The number of methoxy groups -OCH3 is 1. The summed E-state index contributed by atoms with van der Waals surface area (Å²) >= 11 is 2.74. The van der Waals surface area contributed by atoms with Gasteiger partial charge < -0.3 is 9.84 Å². The molecule has 0 saturated heterocycles. The quantitative estimate of drug-likeness (QED) is 0.778. The highest BCUT2D eigenvalue weighted by Gasteiger charge is 2.26. The number of benzene rings is 1. The van der Waals surface area contributed by atoms with Crippen molar-refractivity contribution in [2.24, 2.45) is 0 Å². The van der Waals surface area contributed by atoms with Crippen LogP contribution in [0.25, 0.3) is 0 Å². The number of ether oxygens (including phenoxy) is 1. The lowest BCUT2D eigenvalue weighted by molar-refractivity contribution is -0.147. The summed E-state index contributed by atoms with van der Waals surface area (Å²) in [6, 6.07) is 1.19. The molecule has 0 aliphatic carbocycles. The van der Waals surface area contributed by atoms with Crippen LogP contribution in [0.3, 0.4) is 0 Å². The van der Waals surface area contributed by atoms with E-state index in [1.54, 1.807) is 0 Å². The van der Waals surface area contributed by atoms with Crippen molar-refractivity contribution in [3.05, 3.63) is 28.2 Å². The lowest BCUT2D eigenvalue weighted by Crippen LogP contribution is -2.38. The van der Waals surface area contributed by atoms with Crippen LogP contribution in [0.2, 0.25) is 0 Å². The summed E-state index contributed by atoms with van der Waals surface area (Å²) in [5.41, 5.74) is 0. The first-order chi connectivity index (χ1) is 9.19. The van der Waals surface area contributed by atoms with Gasteiger partial charge in [-0.2, -0.15) is 0 Å². The van der Waals surface area contributed by atoms with Gasteiger partial charge in [-0.15, -0.1) is 0 Å². The molecule has 0 aliphatic rings. The topological polar surface area (TPSA) is 92.7 Å². The number of nitrogens with one attached hydrogen (secondary N) is 1. The van der Waals surface area contributed by atoms with Gasteiger partial charge in [-0.3, -0.25) is 0 Å². The molecule has 1 aromatic carbocycles. The molecule has 0 fully saturated rings. The Morgan fingerprint density at radius 2 is 2.10 bits per heavy atom. The maximum absolute atomic E-state index is 13.5. The van der Waals surface area contributed by atoms with Gasteiger partial charge >= 0.3 is 5.97 Å². The smallest absolute Gasteiger partial charge is 0.334 e. The Kier molecular flexibility index (Phi) is 5.57. The van der Waals surface area contributed by atoms with E-state index in [1.807, 2.05) is 4.72 Å². The number of rotatable bonds is 6. The van der Waals surface area contributed by atoms with Crippen LogP contribution < -0.4 is 4.72 Å². The minimum absolute atomic E-state index is 0.313. The Morgan fingerprint density at radius 3 is 2.55 bits per heavy atom. The second kappa shape index (κ2) is 6.57. The summed E-state index contributed by atoms with van der Waals surface area (Å²) in [6.07, 6.45) is -1.42. The van der Waals surface area contributed by atoms with E-state index >= 15 is 0 Å². The number of sulfonamides is 1. The molecule has 0 aromatic heterocycles. The monoisotopic (exact) mass is 373 g/mol. The number of halogens is 3. The molecule has 2 N–H and O–H groups in total. The maximum Gasteiger partial charge on any atom is 0.334 e. The second-order valence-corrected chi connectivity index (χ2v) is 6.17. The van der Waals surface area contributed by atoms with Crippen molar-refractivity contribution in [1.29, 1.82) is 0 Å². The molecule has 0 bridgehead atoms. The number of carboxylic acid groups (broad SMARTS) is 1. The van der Waals surface area contributed by atoms with Crippen LogP contribution in [0.1, 0.15) is 0 Å². The lowest BCUT2D eigenvalue weighted by atomic mass is 10.3. The number of hydrogen-bond donors (Lipinski definition) is 2. The largest absolute Gasteiger partial charge is 0.479 e. The molecular weight excluding hydrogens is 364 g/mol. The van der Waals surface area contributed by atoms with Gasteiger partial charge in [-0.25, -0.2) is 26.7 Å². The molecule has 0 heterocycles. The molecule has 0 aliphatic heterocycles. The van der Waals surface area contributed by atoms with Crippen LogP contribution in [-0.2, 0) is 19.6 Å². The summed E-state index contributed by atoms with van der Waals surface area (Å²) in [7, 11) is -3.27. The fourth-order valence-electron chi connectivity index (χ4n) is 1.31. The summed E-state index contributed by atoms with van der Waals surface area (Å²) in [5, 5.41) is 8.69. The summed E-state index contributed by atoms with van der Waals surface area (Å²) in [4.78, 5) is 9.86. The Hall–Kier alpha value is -1.10. The third kappa shape index (κ3) is 3.95. The number of hydrogen-bond acceptors (Lipinski definition) is 4. The molecular formula is C10H10BrF2NO5S. The molecule has 0 saturated carbocycles. The normalized spacial score (nSPS) is 13.2. The van der Waals surface area contributed by atoms with Crippen LogP contribution in [0.15, 0.2) is 21.5 Å². The van der Waals surface area contributed by atoms with E-state index in [4.69, 9.17) is 5.11 Å². The van der Waals surface area contributed by atoms with Crippen molar-refractivity contribution in [2.75, 3.05) is 13.7 Å². The van der Waals surface area contributed by atoms with Crippen molar-refractivity contribution in [3.63, 3.8) is 0 Å². The zero-order valence-corrected chi connectivity index (χ0v) is 12.5. The predicted molar refractivity (Wildman–Crippen MR) is 67.7 cm³/mol. The van der Waals surface area contributed by atoms with Crippen molar-refractivity contribution in [3.8, 4) is 0 Å². The Morgan fingerprint density at radius 1 is 1.50 bits per heavy atom. The average molecular weight is 374 g/mol. The van der Waals surface area contributed by atoms with Crippen LogP contribution in [-0.4, -0.2) is 39.3 Å². The van der Waals surface area contributed by atoms with Crippen molar-refractivity contribution in [2.45, 2.75) is 11.0 Å². The first kappa shape index (κ1) is 17.0. The SMILES string of the molecule is COC(CNS(=O)(=O)c1c(F)cc(F)cc1Br)C(=O)O. The summed E-state index contributed by atoms with van der Waals surface area (Å²) in [5.74, 6) is -3.63. The maximum atomic E-state index is 13.5. The fraction of sp³-hybridized carbons (Fsp3) is 0.300. The molecule has 1 aromatic rings. The van der Waals surface area contributed by atoms with Gasteiger partial charge in [0.2, 0.25) is 10.0 Å². The van der Waals surface area contributed by atoms with Gasteiger partial charge in [0.15, 0.2) is 6.10 Å². The van der Waals surface area contributed by atoms with Crippen molar-refractivity contribution >= 4 is 31.9 Å². The second-order valence-electron chi connectivity index (χ2n) is 3.61. The molecule has 112 valence electrons. The standard InChI is InChI=1S/C10H10BrF2NO5S/c1-19-8(10(15)16)4-14-20(17,18)9-6(11)2-5(12)3-7(9)13/h2-3,8,14H,4H2,1H3,(H,15,16). The third-order valence-electron chi connectivity index (χ3n) is 2.25. The molecule has 10 heteroatoms. The molecule has 20 heavy (non-hydrogen) atoms. The summed E-state index contributed by atoms with van der Waals surface area (Å²) < 4.78 is 56.3. The van der Waals surface area contributed by atoms with Gasteiger partial charge in [0.25, 0.3) is 0 Å². The van der Waals surface area contributed by atoms with Gasteiger partial charge in [0.1, 0.15) is 16.5 Å². The highest BCUT2D eigenvalue weighted by Crippen LogP contribution is 2.26. The average Bonchev–Trinajstić information content (AvgIpc) is 2.26. The molecule has 0 radical (unpaired) electrons. The third-order valence-corrected chi connectivity index (χ3v) is 4.64. The van der Waals surface area contributed by atoms with Crippen LogP contribution in [0.4, 0.5) is 8.78 Å². The van der Waals surface area contributed by atoms with Gasteiger partial charge in [-0.05, 0) is 22.0 Å². The molecule has 1 unspecified atom stereocenters. The molecule has 0 spiro atoms. The van der Waals surface area contributed by atoms with Gasteiger partial charge in [0, 0.05) is 24.2 Å². The minimum Gasteiger partial charge on any atom is -0.479 e. The van der Waals surface area contributed by atoms with E-state index in [-0.39, 0.29) is 4.47 Å². The number of aliphatic carboxylic acids is 1. The van der Waals surface area contributed by atoms with Crippen molar-refractivity contribution < 1.29 is 31.8 Å². The zero-order valence-electron chi connectivity index (χ0n) is 10.1. The fourth-order valence-corrected chi connectivity index (χ4v) is 3.51. The van der Waals surface area contributed by atoms with E-state index in [0.29, 0.717) is 6.07 Å². The van der Waals surface area contributed by atoms with E-state index in [0.717, 1.165) is 13.2 Å². The summed E-state index contributed by atoms with van der Waals surface area (Å²) in [6.45, 7) is -0.600. The van der Waals surface area contributed by atoms with Crippen molar-refractivity contribution in [1.82, 2.24) is 4.72 Å². The van der Waals surface area contributed by atoms with E-state index in [1.165, 1.54) is 0 Å². The highest BCUT2D eigenvalue weighted by atomic mass is 79.9. The molecule has 0 amide bonds. The first-order valence-electron chi connectivity index (χ1n) is 5.09. The molecule has 1 rings (SSSR count).